The first-order chi connectivity index (χ1) is 8.61. The number of hydrogen-bond donors (Lipinski definition) is 0. The van der Waals surface area contributed by atoms with Gasteiger partial charge in [-0.05, 0) is 35.0 Å². The summed E-state index contributed by atoms with van der Waals surface area (Å²) in [6, 6.07) is 5.96. The maximum atomic E-state index is 13.2. The lowest BCUT2D eigenvalue weighted by Crippen LogP contribution is -2.04. The highest BCUT2D eigenvalue weighted by atomic mass is 79.9. The Kier molecular flexibility index (Phi) is 4.08. The molecular weight excluding hydrogens is 321 g/mol. The number of hydrogen-bond acceptors (Lipinski definition) is 4. The molecule has 3 nitrogen and oxygen atoms in total. The highest BCUT2D eigenvalue weighted by molar-refractivity contribution is 9.11. The van der Waals surface area contributed by atoms with Crippen LogP contribution in [-0.2, 0) is 4.74 Å². The molecular formula is C12H9BrFNO2S. The van der Waals surface area contributed by atoms with Crippen molar-refractivity contribution in [2.75, 3.05) is 6.61 Å². The summed E-state index contributed by atoms with van der Waals surface area (Å²) < 4.78 is 18.7. The van der Waals surface area contributed by atoms with E-state index in [9.17, 15) is 9.18 Å². The van der Waals surface area contributed by atoms with E-state index in [1.54, 1.807) is 19.1 Å². The number of aromatic nitrogens is 1. The van der Waals surface area contributed by atoms with E-state index in [1.807, 2.05) is 0 Å². The lowest BCUT2D eigenvalue weighted by Gasteiger charge is -2.02. The molecule has 0 unspecified atom stereocenters. The lowest BCUT2D eigenvalue weighted by atomic mass is 10.1. The van der Waals surface area contributed by atoms with Crippen LogP contribution >= 0.6 is 27.3 Å². The van der Waals surface area contributed by atoms with Crippen molar-refractivity contribution in [3.63, 3.8) is 0 Å². The summed E-state index contributed by atoms with van der Waals surface area (Å²) >= 11 is 4.40. The predicted octanol–water partition coefficient (Wildman–Crippen LogP) is 3.89. The van der Waals surface area contributed by atoms with Crippen LogP contribution in [0.3, 0.4) is 0 Å². The summed E-state index contributed by atoms with van der Waals surface area (Å²) in [6.45, 7) is 2.02. The molecule has 0 bridgehead atoms. The Morgan fingerprint density at radius 1 is 1.56 bits per heavy atom. The van der Waals surface area contributed by atoms with Crippen molar-refractivity contribution in [1.29, 1.82) is 0 Å². The molecule has 0 N–H and O–H groups in total. The van der Waals surface area contributed by atoms with E-state index in [2.05, 4.69) is 20.9 Å². The third kappa shape index (κ3) is 2.76. The standard InChI is InChI=1S/C12H9BrFNO2S/c1-2-17-11(16)10-9(15-12(13)18-10)7-4-3-5-8(14)6-7/h3-6H,2H2,1H3. The van der Waals surface area contributed by atoms with E-state index in [-0.39, 0.29) is 12.4 Å². The smallest absolute Gasteiger partial charge is 0.350 e. The van der Waals surface area contributed by atoms with Crippen LogP contribution in [0.2, 0.25) is 0 Å². The molecule has 0 atom stereocenters. The summed E-state index contributed by atoms with van der Waals surface area (Å²) in [5.74, 6) is -0.814. The number of esters is 1. The van der Waals surface area contributed by atoms with Gasteiger partial charge in [0.25, 0.3) is 0 Å². The highest BCUT2D eigenvalue weighted by Gasteiger charge is 2.19. The van der Waals surface area contributed by atoms with Gasteiger partial charge >= 0.3 is 5.97 Å². The Morgan fingerprint density at radius 2 is 2.33 bits per heavy atom. The van der Waals surface area contributed by atoms with Crippen LogP contribution in [0, 0.1) is 5.82 Å². The van der Waals surface area contributed by atoms with Crippen molar-refractivity contribution in [2.24, 2.45) is 0 Å². The van der Waals surface area contributed by atoms with Crippen molar-refractivity contribution >= 4 is 33.2 Å². The Morgan fingerprint density at radius 3 is 3.00 bits per heavy atom. The first-order valence-electron chi connectivity index (χ1n) is 5.21. The molecule has 0 aliphatic rings. The average molecular weight is 330 g/mol. The van der Waals surface area contributed by atoms with E-state index in [0.717, 1.165) is 0 Å². The molecule has 0 spiro atoms. The van der Waals surface area contributed by atoms with Gasteiger partial charge in [-0.3, -0.25) is 0 Å². The maximum absolute atomic E-state index is 13.2. The molecule has 94 valence electrons. The Hall–Kier alpha value is -1.27. The fourth-order valence-electron chi connectivity index (χ4n) is 1.46. The van der Waals surface area contributed by atoms with Crippen molar-refractivity contribution in [1.82, 2.24) is 4.98 Å². The van der Waals surface area contributed by atoms with Crippen LogP contribution in [0.5, 0.6) is 0 Å². The maximum Gasteiger partial charge on any atom is 0.350 e. The first-order valence-corrected chi connectivity index (χ1v) is 6.82. The fourth-order valence-corrected chi connectivity index (χ4v) is 2.83. The van der Waals surface area contributed by atoms with E-state index >= 15 is 0 Å². The topological polar surface area (TPSA) is 39.2 Å². The van der Waals surface area contributed by atoms with Crippen LogP contribution in [0.15, 0.2) is 28.2 Å². The van der Waals surface area contributed by atoms with Gasteiger partial charge in [0.2, 0.25) is 0 Å². The quantitative estimate of drug-likeness (QED) is 0.802. The van der Waals surface area contributed by atoms with Crippen LogP contribution in [-0.4, -0.2) is 17.6 Å². The third-order valence-electron chi connectivity index (χ3n) is 2.16. The first kappa shape index (κ1) is 13.2. The third-order valence-corrected chi connectivity index (χ3v) is 3.65. The summed E-state index contributed by atoms with van der Waals surface area (Å²) in [5.41, 5.74) is 0.991. The predicted molar refractivity (Wildman–Crippen MR) is 71.2 cm³/mol. The molecule has 0 amide bonds. The number of ether oxygens (including phenoxy) is 1. The molecule has 0 fully saturated rings. The van der Waals surface area contributed by atoms with Gasteiger partial charge in [0, 0.05) is 5.56 Å². The van der Waals surface area contributed by atoms with Gasteiger partial charge in [0.05, 0.1) is 12.3 Å². The van der Waals surface area contributed by atoms with Gasteiger partial charge in [-0.2, -0.15) is 0 Å². The second kappa shape index (κ2) is 5.58. The molecule has 6 heteroatoms. The molecule has 2 aromatic rings. The Balaban J connectivity index is 2.47. The minimum atomic E-state index is -0.444. The Bertz CT molecular complexity index is 585. The van der Waals surface area contributed by atoms with Gasteiger partial charge < -0.3 is 4.74 Å². The van der Waals surface area contributed by atoms with Gasteiger partial charge in [0.1, 0.15) is 10.7 Å². The van der Waals surface area contributed by atoms with Crippen molar-refractivity contribution < 1.29 is 13.9 Å². The SMILES string of the molecule is CCOC(=O)c1sc(Br)nc1-c1cccc(F)c1. The van der Waals surface area contributed by atoms with Crippen LogP contribution in [0.25, 0.3) is 11.3 Å². The van der Waals surface area contributed by atoms with Crippen molar-refractivity contribution in [3.05, 3.63) is 38.9 Å². The summed E-state index contributed by atoms with van der Waals surface area (Å²) in [4.78, 5) is 16.3. The number of thiazole rings is 1. The molecule has 18 heavy (non-hydrogen) atoms. The minimum absolute atomic E-state index is 0.289. The number of rotatable bonds is 3. The van der Waals surface area contributed by atoms with Crippen LogP contribution < -0.4 is 0 Å². The molecule has 0 aliphatic heterocycles. The average Bonchev–Trinajstić information content (AvgIpc) is 2.72. The molecule has 0 saturated carbocycles. The summed E-state index contributed by atoms with van der Waals surface area (Å²) in [7, 11) is 0. The van der Waals surface area contributed by atoms with Gasteiger partial charge in [-0.1, -0.05) is 23.5 Å². The number of halogens is 2. The lowest BCUT2D eigenvalue weighted by molar-refractivity contribution is 0.0532. The number of carbonyl (C=O) groups excluding carboxylic acids is 1. The van der Waals surface area contributed by atoms with Crippen LogP contribution in [0.1, 0.15) is 16.6 Å². The zero-order chi connectivity index (χ0) is 13.1. The monoisotopic (exact) mass is 329 g/mol. The number of carbonyl (C=O) groups is 1. The van der Waals surface area contributed by atoms with Gasteiger partial charge in [-0.15, -0.1) is 0 Å². The Labute approximate surface area is 116 Å². The molecule has 2 rings (SSSR count). The van der Waals surface area contributed by atoms with Gasteiger partial charge in [-0.25, -0.2) is 14.2 Å². The molecule has 1 heterocycles. The van der Waals surface area contributed by atoms with E-state index in [1.165, 1.54) is 23.5 Å². The van der Waals surface area contributed by atoms with E-state index in [0.29, 0.717) is 20.1 Å². The molecule has 1 aromatic heterocycles. The van der Waals surface area contributed by atoms with Crippen molar-refractivity contribution in [3.8, 4) is 11.3 Å². The van der Waals surface area contributed by atoms with Crippen molar-refractivity contribution in [2.45, 2.75) is 6.92 Å². The normalized spacial score (nSPS) is 10.4. The fraction of sp³-hybridized carbons (Fsp3) is 0.167. The largest absolute Gasteiger partial charge is 0.462 e. The van der Waals surface area contributed by atoms with E-state index < -0.39 is 5.97 Å². The number of benzene rings is 1. The second-order valence-corrected chi connectivity index (χ2v) is 5.65. The zero-order valence-corrected chi connectivity index (χ0v) is 11.8. The minimum Gasteiger partial charge on any atom is -0.462 e. The second-order valence-electron chi connectivity index (χ2n) is 3.38. The molecule has 0 radical (unpaired) electrons. The molecule has 1 aromatic carbocycles. The molecule has 0 saturated heterocycles. The summed E-state index contributed by atoms with van der Waals surface area (Å²) in [6.07, 6.45) is 0. The highest BCUT2D eigenvalue weighted by Crippen LogP contribution is 2.31. The number of nitrogens with zero attached hydrogens (tertiary/aromatic N) is 1. The van der Waals surface area contributed by atoms with E-state index in [4.69, 9.17) is 4.74 Å². The van der Waals surface area contributed by atoms with Gasteiger partial charge in [0.15, 0.2) is 3.92 Å². The molecule has 0 aliphatic carbocycles. The zero-order valence-electron chi connectivity index (χ0n) is 9.44. The van der Waals surface area contributed by atoms with Crippen LogP contribution in [0.4, 0.5) is 4.39 Å². The summed E-state index contributed by atoms with van der Waals surface area (Å²) in [5, 5.41) is 0.